The van der Waals surface area contributed by atoms with Gasteiger partial charge in [0.15, 0.2) is 0 Å². The number of benzene rings is 1. The van der Waals surface area contributed by atoms with Crippen molar-refractivity contribution in [3.63, 3.8) is 0 Å². The summed E-state index contributed by atoms with van der Waals surface area (Å²) in [7, 11) is -3.82. The van der Waals surface area contributed by atoms with Crippen molar-refractivity contribution >= 4 is 10.0 Å². The Labute approximate surface area is 142 Å². The molecule has 0 spiro atoms. The highest BCUT2D eigenvalue weighted by molar-refractivity contribution is 7.89. The summed E-state index contributed by atoms with van der Waals surface area (Å²) < 4.78 is 45.5. The van der Waals surface area contributed by atoms with Gasteiger partial charge in [0, 0.05) is 32.7 Å². The third-order valence-electron chi connectivity index (χ3n) is 3.88. The fourth-order valence-corrected chi connectivity index (χ4v) is 4.09. The summed E-state index contributed by atoms with van der Waals surface area (Å²) in [5.74, 6) is -0.735. The normalized spacial score (nSPS) is 18.9. The van der Waals surface area contributed by atoms with Crippen LogP contribution in [-0.4, -0.2) is 74.3 Å². The van der Waals surface area contributed by atoms with Crippen molar-refractivity contribution in [2.75, 3.05) is 39.3 Å². The van der Waals surface area contributed by atoms with Crippen LogP contribution in [0.5, 0.6) is 0 Å². The fourth-order valence-electron chi connectivity index (χ4n) is 2.60. The summed E-state index contributed by atoms with van der Waals surface area (Å²) in [4.78, 5) is 1.70. The first-order chi connectivity index (χ1) is 11.3. The van der Waals surface area contributed by atoms with Gasteiger partial charge in [-0.05, 0) is 26.0 Å². The molecule has 136 valence electrons. The quantitative estimate of drug-likeness (QED) is 0.783. The molecular formula is C16H25FN2O4S. The maximum Gasteiger partial charge on any atom is 0.246 e. The molecule has 2 rings (SSSR count). The summed E-state index contributed by atoms with van der Waals surface area (Å²) in [6.45, 7) is 6.02. The smallest absolute Gasteiger partial charge is 0.246 e. The van der Waals surface area contributed by atoms with Gasteiger partial charge >= 0.3 is 0 Å². The van der Waals surface area contributed by atoms with Gasteiger partial charge in [0.1, 0.15) is 10.7 Å². The summed E-state index contributed by atoms with van der Waals surface area (Å²) in [6.07, 6.45) is -0.551. The molecule has 0 bridgehead atoms. The Morgan fingerprint density at radius 3 is 2.42 bits per heavy atom. The van der Waals surface area contributed by atoms with Crippen LogP contribution in [0.2, 0.25) is 0 Å². The van der Waals surface area contributed by atoms with Gasteiger partial charge in [-0.15, -0.1) is 0 Å². The number of sulfonamides is 1. The Bertz CT molecular complexity index is 631. The number of nitrogens with zero attached hydrogens (tertiary/aromatic N) is 2. The Kier molecular flexibility index (Phi) is 6.70. The van der Waals surface area contributed by atoms with Crippen molar-refractivity contribution in [1.82, 2.24) is 9.21 Å². The highest BCUT2D eigenvalue weighted by atomic mass is 32.2. The van der Waals surface area contributed by atoms with Gasteiger partial charge in [-0.2, -0.15) is 4.31 Å². The second-order valence-corrected chi connectivity index (χ2v) is 8.08. The number of aliphatic hydroxyl groups is 1. The Balaban J connectivity index is 1.89. The number of ether oxygens (including phenoxy) is 1. The van der Waals surface area contributed by atoms with Crippen molar-refractivity contribution in [3.05, 3.63) is 30.1 Å². The van der Waals surface area contributed by atoms with E-state index in [4.69, 9.17) is 4.74 Å². The molecule has 0 aromatic heterocycles. The SMILES string of the molecule is CC(C)OCC(O)CN1CCN(S(=O)(=O)c2ccccc2F)CC1. The minimum absolute atomic E-state index is 0.0578. The molecule has 1 N–H and O–H groups in total. The Hall–Kier alpha value is -1.06. The van der Waals surface area contributed by atoms with Gasteiger partial charge in [0.25, 0.3) is 0 Å². The average Bonchev–Trinajstić information content (AvgIpc) is 2.53. The first-order valence-corrected chi connectivity index (χ1v) is 9.51. The van der Waals surface area contributed by atoms with Crippen LogP contribution in [-0.2, 0) is 14.8 Å². The molecule has 1 heterocycles. The van der Waals surface area contributed by atoms with Crippen LogP contribution in [0.3, 0.4) is 0 Å². The van der Waals surface area contributed by atoms with Crippen LogP contribution >= 0.6 is 0 Å². The molecule has 6 nitrogen and oxygen atoms in total. The van der Waals surface area contributed by atoms with E-state index in [9.17, 15) is 17.9 Å². The lowest BCUT2D eigenvalue weighted by Crippen LogP contribution is -2.50. The fraction of sp³-hybridized carbons (Fsp3) is 0.625. The van der Waals surface area contributed by atoms with Gasteiger partial charge < -0.3 is 9.84 Å². The van der Waals surface area contributed by atoms with Crippen LogP contribution in [0.4, 0.5) is 4.39 Å². The highest BCUT2D eigenvalue weighted by Crippen LogP contribution is 2.20. The third-order valence-corrected chi connectivity index (χ3v) is 5.81. The third kappa shape index (κ3) is 4.97. The Morgan fingerprint density at radius 2 is 1.83 bits per heavy atom. The lowest BCUT2D eigenvalue weighted by molar-refractivity contribution is -0.0117. The van der Waals surface area contributed by atoms with E-state index >= 15 is 0 Å². The number of aliphatic hydroxyl groups excluding tert-OH is 1. The van der Waals surface area contributed by atoms with Gasteiger partial charge in [-0.3, -0.25) is 4.90 Å². The predicted octanol–water partition coefficient (Wildman–Crippen LogP) is 0.918. The van der Waals surface area contributed by atoms with Gasteiger partial charge in [0.05, 0.1) is 18.8 Å². The standard InChI is InChI=1S/C16H25FN2O4S/c1-13(2)23-12-14(20)11-18-7-9-19(10-8-18)24(21,22)16-6-4-3-5-15(16)17/h3-6,13-14,20H,7-12H2,1-2H3. The molecule has 8 heteroatoms. The predicted molar refractivity (Wildman–Crippen MR) is 88.7 cm³/mol. The molecule has 0 radical (unpaired) electrons. The number of hydrogen-bond acceptors (Lipinski definition) is 5. The van der Waals surface area contributed by atoms with Crippen LogP contribution in [0.15, 0.2) is 29.2 Å². The van der Waals surface area contributed by atoms with Gasteiger partial charge in [-0.25, -0.2) is 12.8 Å². The maximum atomic E-state index is 13.8. The van der Waals surface area contributed by atoms with Crippen LogP contribution in [0, 0.1) is 5.82 Å². The van der Waals surface area contributed by atoms with Crippen molar-refractivity contribution in [2.24, 2.45) is 0 Å². The second kappa shape index (κ2) is 8.35. The molecule has 1 aliphatic heterocycles. The van der Waals surface area contributed by atoms with Gasteiger partial charge in [0.2, 0.25) is 10.0 Å². The number of piperazine rings is 1. The van der Waals surface area contributed by atoms with Gasteiger partial charge in [-0.1, -0.05) is 12.1 Å². The molecule has 1 fully saturated rings. The minimum Gasteiger partial charge on any atom is -0.389 e. The van der Waals surface area contributed by atoms with Crippen molar-refractivity contribution in [2.45, 2.75) is 31.0 Å². The van der Waals surface area contributed by atoms with E-state index in [-0.39, 0.29) is 30.7 Å². The maximum absolute atomic E-state index is 13.8. The summed E-state index contributed by atoms with van der Waals surface area (Å²) >= 11 is 0. The largest absolute Gasteiger partial charge is 0.389 e. The molecular weight excluding hydrogens is 335 g/mol. The van der Waals surface area contributed by atoms with E-state index in [0.717, 1.165) is 6.07 Å². The molecule has 1 saturated heterocycles. The summed E-state index contributed by atoms with van der Waals surface area (Å²) in [5, 5.41) is 9.94. The van der Waals surface area contributed by atoms with E-state index in [1.807, 2.05) is 18.7 Å². The van der Waals surface area contributed by atoms with Crippen molar-refractivity contribution in [3.8, 4) is 0 Å². The average molecular weight is 360 g/mol. The van der Waals surface area contributed by atoms with E-state index in [1.54, 1.807) is 0 Å². The number of hydrogen-bond donors (Lipinski definition) is 1. The number of halogens is 1. The first-order valence-electron chi connectivity index (χ1n) is 8.07. The van der Waals surface area contributed by atoms with Crippen LogP contribution < -0.4 is 0 Å². The molecule has 1 atom stereocenters. The number of β-amino-alcohol motifs (C(OH)–C–C–N with tert-alkyl or cyclic N) is 1. The monoisotopic (exact) mass is 360 g/mol. The molecule has 24 heavy (non-hydrogen) atoms. The lowest BCUT2D eigenvalue weighted by atomic mass is 10.3. The zero-order valence-electron chi connectivity index (χ0n) is 14.1. The zero-order chi connectivity index (χ0) is 17.7. The summed E-state index contributed by atoms with van der Waals surface area (Å²) in [5.41, 5.74) is 0. The molecule has 1 aromatic carbocycles. The molecule has 0 saturated carbocycles. The van der Waals surface area contributed by atoms with E-state index in [2.05, 4.69) is 0 Å². The molecule has 0 aliphatic carbocycles. The van der Waals surface area contributed by atoms with Crippen LogP contribution in [0.25, 0.3) is 0 Å². The minimum atomic E-state index is -3.82. The molecule has 1 aromatic rings. The van der Waals surface area contributed by atoms with Crippen LogP contribution in [0.1, 0.15) is 13.8 Å². The van der Waals surface area contributed by atoms with E-state index in [1.165, 1.54) is 22.5 Å². The van der Waals surface area contributed by atoms with Crippen molar-refractivity contribution in [1.29, 1.82) is 0 Å². The zero-order valence-corrected chi connectivity index (χ0v) is 14.9. The molecule has 1 aliphatic rings. The van der Waals surface area contributed by atoms with E-state index in [0.29, 0.717) is 19.6 Å². The molecule has 0 amide bonds. The number of rotatable bonds is 7. The topological polar surface area (TPSA) is 70.1 Å². The lowest BCUT2D eigenvalue weighted by Gasteiger charge is -2.35. The van der Waals surface area contributed by atoms with Crippen molar-refractivity contribution < 1.29 is 22.7 Å². The Morgan fingerprint density at radius 1 is 1.21 bits per heavy atom. The second-order valence-electron chi connectivity index (χ2n) is 6.17. The molecule has 1 unspecified atom stereocenters. The first kappa shape index (κ1) is 19.3. The summed E-state index contributed by atoms with van der Waals surface area (Å²) in [6, 6.07) is 5.41. The van der Waals surface area contributed by atoms with E-state index < -0.39 is 21.9 Å². The highest BCUT2D eigenvalue weighted by Gasteiger charge is 2.30.